The van der Waals surface area contributed by atoms with E-state index in [9.17, 15) is 9.18 Å². The van der Waals surface area contributed by atoms with Gasteiger partial charge in [-0.15, -0.1) is 0 Å². The number of carbonyl (C=O) groups is 1. The molecule has 1 amide bonds. The highest BCUT2D eigenvalue weighted by atomic mass is 19.1. The highest BCUT2D eigenvalue weighted by Gasteiger charge is 2.06. The van der Waals surface area contributed by atoms with E-state index in [-0.39, 0.29) is 18.3 Å². The van der Waals surface area contributed by atoms with Crippen LogP contribution in [0.2, 0.25) is 0 Å². The smallest absolute Gasteiger partial charge is 0.221 e. The third-order valence-electron chi connectivity index (χ3n) is 3.45. The van der Waals surface area contributed by atoms with Crippen LogP contribution in [0.15, 0.2) is 54.6 Å². The maximum Gasteiger partial charge on any atom is 0.221 e. The molecule has 0 heterocycles. The van der Waals surface area contributed by atoms with Crippen LogP contribution in [0.25, 0.3) is 0 Å². The van der Waals surface area contributed by atoms with Crippen molar-refractivity contribution in [1.29, 1.82) is 0 Å². The van der Waals surface area contributed by atoms with Crippen molar-refractivity contribution in [3.05, 3.63) is 71.5 Å². The lowest BCUT2D eigenvalue weighted by molar-refractivity contribution is -0.121. The van der Waals surface area contributed by atoms with Gasteiger partial charge in [0, 0.05) is 31.6 Å². The summed E-state index contributed by atoms with van der Waals surface area (Å²) < 4.78 is 13.4. The van der Waals surface area contributed by atoms with E-state index >= 15 is 0 Å². The summed E-state index contributed by atoms with van der Waals surface area (Å²) in [6.07, 6.45) is 0.401. The molecule has 0 spiro atoms. The minimum atomic E-state index is -0.288. The fourth-order valence-electron chi connectivity index (χ4n) is 2.19. The summed E-state index contributed by atoms with van der Waals surface area (Å²) in [5, 5.41) is 2.75. The Morgan fingerprint density at radius 1 is 1.09 bits per heavy atom. The molecule has 0 bridgehead atoms. The number of carbonyl (C=O) groups excluding carboxylic acids is 1. The Morgan fingerprint density at radius 2 is 1.77 bits per heavy atom. The van der Waals surface area contributed by atoms with Crippen LogP contribution in [0.1, 0.15) is 17.5 Å². The Hall–Kier alpha value is -2.20. The lowest BCUT2D eigenvalue weighted by atomic mass is 10.2. The van der Waals surface area contributed by atoms with Gasteiger partial charge in [-0.2, -0.15) is 0 Å². The fraction of sp³-hybridized carbons (Fsp3) is 0.278. The van der Waals surface area contributed by atoms with Crippen LogP contribution < -0.4 is 5.32 Å². The summed E-state index contributed by atoms with van der Waals surface area (Å²) in [6, 6.07) is 16.6. The number of nitrogens with zero attached hydrogens (tertiary/aromatic N) is 1. The van der Waals surface area contributed by atoms with Crippen molar-refractivity contribution in [2.24, 2.45) is 0 Å². The van der Waals surface area contributed by atoms with Gasteiger partial charge >= 0.3 is 0 Å². The number of rotatable bonds is 7. The van der Waals surface area contributed by atoms with E-state index in [1.165, 1.54) is 11.6 Å². The number of nitrogens with one attached hydrogen (secondary N) is 1. The molecule has 0 aliphatic heterocycles. The van der Waals surface area contributed by atoms with Crippen molar-refractivity contribution >= 4 is 5.91 Å². The van der Waals surface area contributed by atoms with Crippen LogP contribution in [0.4, 0.5) is 4.39 Å². The Balaban J connectivity index is 1.70. The highest BCUT2D eigenvalue weighted by Crippen LogP contribution is 2.06. The summed E-state index contributed by atoms with van der Waals surface area (Å²) in [7, 11) is 1.98. The second kappa shape index (κ2) is 8.29. The van der Waals surface area contributed by atoms with Gasteiger partial charge in [-0.3, -0.25) is 4.79 Å². The van der Waals surface area contributed by atoms with Crippen molar-refractivity contribution in [1.82, 2.24) is 10.2 Å². The van der Waals surface area contributed by atoms with E-state index in [0.717, 1.165) is 6.54 Å². The minimum absolute atomic E-state index is 0.0665. The fourth-order valence-corrected chi connectivity index (χ4v) is 2.19. The van der Waals surface area contributed by atoms with Crippen molar-refractivity contribution in [3.63, 3.8) is 0 Å². The molecular weight excluding hydrogens is 279 g/mol. The number of hydrogen-bond donors (Lipinski definition) is 1. The third kappa shape index (κ3) is 5.30. The van der Waals surface area contributed by atoms with Gasteiger partial charge in [0.1, 0.15) is 5.82 Å². The number of benzene rings is 2. The number of hydrogen-bond acceptors (Lipinski definition) is 2. The number of amides is 1. The van der Waals surface area contributed by atoms with Gasteiger partial charge in [0.2, 0.25) is 5.91 Å². The molecule has 0 aliphatic carbocycles. The largest absolute Gasteiger partial charge is 0.352 e. The van der Waals surface area contributed by atoms with E-state index in [0.29, 0.717) is 18.5 Å². The quantitative estimate of drug-likeness (QED) is 0.852. The lowest BCUT2D eigenvalue weighted by Crippen LogP contribution is -2.28. The van der Waals surface area contributed by atoms with Crippen molar-refractivity contribution < 1.29 is 9.18 Å². The first-order valence-corrected chi connectivity index (χ1v) is 7.38. The first-order valence-electron chi connectivity index (χ1n) is 7.38. The van der Waals surface area contributed by atoms with Gasteiger partial charge in [-0.05, 0) is 18.7 Å². The second-order valence-corrected chi connectivity index (χ2v) is 5.34. The molecule has 22 heavy (non-hydrogen) atoms. The predicted octanol–water partition coefficient (Wildman–Crippen LogP) is 2.96. The molecular formula is C18H21FN2O. The SMILES string of the molecule is CN(CCC(=O)NCc1ccccc1F)Cc1ccccc1. The number of halogens is 1. The predicted molar refractivity (Wildman–Crippen MR) is 85.6 cm³/mol. The molecule has 2 aromatic carbocycles. The zero-order valence-electron chi connectivity index (χ0n) is 12.8. The average molecular weight is 300 g/mol. The minimum Gasteiger partial charge on any atom is -0.352 e. The molecule has 0 atom stereocenters. The van der Waals surface area contributed by atoms with Gasteiger partial charge in [0.05, 0.1) is 0 Å². The molecule has 0 fully saturated rings. The summed E-state index contributed by atoms with van der Waals surface area (Å²) in [5.74, 6) is -0.354. The summed E-state index contributed by atoms with van der Waals surface area (Å²) >= 11 is 0. The Bertz CT molecular complexity index is 601. The molecule has 0 saturated heterocycles. The van der Waals surface area contributed by atoms with Crippen molar-refractivity contribution in [3.8, 4) is 0 Å². The maximum absolute atomic E-state index is 13.4. The van der Waals surface area contributed by atoms with Crippen LogP contribution in [0, 0.1) is 5.82 Å². The van der Waals surface area contributed by atoms with Crippen molar-refractivity contribution in [2.75, 3.05) is 13.6 Å². The Kier molecular flexibility index (Phi) is 6.10. The van der Waals surface area contributed by atoms with Crippen LogP contribution in [-0.2, 0) is 17.9 Å². The van der Waals surface area contributed by atoms with Crippen molar-refractivity contribution in [2.45, 2.75) is 19.5 Å². The topological polar surface area (TPSA) is 32.3 Å². The first-order chi connectivity index (χ1) is 10.6. The zero-order valence-corrected chi connectivity index (χ0v) is 12.8. The molecule has 0 saturated carbocycles. The molecule has 2 rings (SSSR count). The van der Waals surface area contributed by atoms with Crippen LogP contribution in [-0.4, -0.2) is 24.4 Å². The molecule has 0 radical (unpaired) electrons. The summed E-state index contributed by atoms with van der Waals surface area (Å²) in [5.41, 5.74) is 1.73. The monoisotopic (exact) mass is 300 g/mol. The molecule has 3 nitrogen and oxygen atoms in total. The van der Waals surface area contributed by atoms with E-state index in [1.807, 2.05) is 25.2 Å². The van der Waals surface area contributed by atoms with E-state index in [1.54, 1.807) is 18.2 Å². The normalized spacial score (nSPS) is 10.7. The molecule has 2 aromatic rings. The summed E-state index contributed by atoms with van der Waals surface area (Å²) in [4.78, 5) is 13.9. The van der Waals surface area contributed by atoms with Crippen LogP contribution in [0.3, 0.4) is 0 Å². The third-order valence-corrected chi connectivity index (χ3v) is 3.45. The lowest BCUT2D eigenvalue weighted by Gasteiger charge is -2.16. The highest BCUT2D eigenvalue weighted by molar-refractivity contribution is 5.76. The molecule has 4 heteroatoms. The molecule has 0 aromatic heterocycles. The Labute approximate surface area is 130 Å². The molecule has 116 valence electrons. The van der Waals surface area contributed by atoms with E-state index in [4.69, 9.17) is 0 Å². The van der Waals surface area contributed by atoms with Crippen LogP contribution in [0.5, 0.6) is 0 Å². The molecule has 0 unspecified atom stereocenters. The molecule has 0 aliphatic rings. The van der Waals surface area contributed by atoms with Gasteiger partial charge < -0.3 is 10.2 Å². The van der Waals surface area contributed by atoms with Gasteiger partial charge in [-0.1, -0.05) is 48.5 Å². The maximum atomic E-state index is 13.4. The second-order valence-electron chi connectivity index (χ2n) is 5.34. The van der Waals surface area contributed by atoms with E-state index < -0.39 is 0 Å². The standard InChI is InChI=1S/C18H21FN2O/c1-21(14-15-7-3-2-4-8-15)12-11-18(22)20-13-16-9-5-6-10-17(16)19/h2-10H,11-14H2,1H3,(H,20,22). The van der Waals surface area contributed by atoms with Gasteiger partial charge in [-0.25, -0.2) is 4.39 Å². The summed E-state index contributed by atoms with van der Waals surface area (Å²) in [6.45, 7) is 1.70. The van der Waals surface area contributed by atoms with E-state index in [2.05, 4.69) is 22.3 Å². The van der Waals surface area contributed by atoms with Gasteiger partial charge in [0.25, 0.3) is 0 Å². The average Bonchev–Trinajstić information content (AvgIpc) is 2.53. The molecule has 1 N–H and O–H groups in total. The first kappa shape index (κ1) is 16.2. The zero-order chi connectivity index (χ0) is 15.8. The Morgan fingerprint density at radius 3 is 2.50 bits per heavy atom. The van der Waals surface area contributed by atoms with Crippen LogP contribution >= 0.6 is 0 Å². The van der Waals surface area contributed by atoms with Gasteiger partial charge in [0.15, 0.2) is 0 Å².